The molecule has 1 amide bonds. The van der Waals surface area contributed by atoms with Crippen LogP contribution in [0.15, 0.2) is 84.9 Å². The maximum absolute atomic E-state index is 13.1. The zero-order chi connectivity index (χ0) is 18.4. The average molecular weight is 345 g/mol. The largest absolute Gasteiger partial charge is 0.497 e. The van der Waals surface area contributed by atoms with Crippen LogP contribution in [0.3, 0.4) is 0 Å². The van der Waals surface area contributed by atoms with Gasteiger partial charge in [0.15, 0.2) is 0 Å². The highest BCUT2D eigenvalue weighted by molar-refractivity contribution is 5.87. The van der Waals surface area contributed by atoms with E-state index in [0.717, 1.165) is 22.4 Å². The molecule has 1 N–H and O–H groups in total. The van der Waals surface area contributed by atoms with Crippen molar-refractivity contribution in [2.75, 3.05) is 7.11 Å². The Hall–Kier alpha value is -3.07. The van der Waals surface area contributed by atoms with E-state index < -0.39 is 0 Å². The molecule has 1 atom stereocenters. The van der Waals surface area contributed by atoms with Gasteiger partial charge in [-0.15, -0.1) is 0 Å². The van der Waals surface area contributed by atoms with Crippen LogP contribution in [0.2, 0.25) is 0 Å². The van der Waals surface area contributed by atoms with Crippen molar-refractivity contribution in [2.24, 2.45) is 0 Å². The van der Waals surface area contributed by atoms with Gasteiger partial charge >= 0.3 is 0 Å². The quantitative estimate of drug-likeness (QED) is 0.703. The van der Waals surface area contributed by atoms with Crippen LogP contribution in [0, 0.1) is 0 Å². The molecule has 0 aliphatic rings. The van der Waals surface area contributed by atoms with Crippen molar-refractivity contribution in [2.45, 2.75) is 18.9 Å². The monoisotopic (exact) mass is 345 g/mol. The lowest BCUT2D eigenvalue weighted by molar-refractivity contribution is -0.122. The van der Waals surface area contributed by atoms with E-state index in [2.05, 4.69) is 5.32 Å². The Morgan fingerprint density at radius 2 is 1.27 bits per heavy atom. The zero-order valence-electron chi connectivity index (χ0n) is 15.1. The molecule has 0 radical (unpaired) electrons. The van der Waals surface area contributed by atoms with Gasteiger partial charge in [-0.25, -0.2) is 0 Å². The normalized spacial score (nSPS) is 11.8. The Bertz CT molecular complexity index is 790. The molecule has 3 rings (SSSR count). The molecule has 26 heavy (non-hydrogen) atoms. The second kappa shape index (κ2) is 8.34. The molecule has 0 saturated carbocycles. The number of nitrogens with one attached hydrogen (secondary N) is 1. The maximum Gasteiger partial charge on any atom is 0.232 e. The average Bonchev–Trinajstić information content (AvgIpc) is 2.70. The van der Waals surface area contributed by atoms with Crippen LogP contribution in [0.1, 0.15) is 35.6 Å². The molecule has 0 fully saturated rings. The third-order valence-electron chi connectivity index (χ3n) is 4.50. The van der Waals surface area contributed by atoms with E-state index in [-0.39, 0.29) is 17.9 Å². The first-order valence-corrected chi connectivity index (χ1v) is 8.73. The number of ether oxygens (including phenoxy) is 1. The first kappa shape index (κ1) is 17.7. The van der Waals surface area contributed by atoms with Crippen LogP contribution in [0.25, 0.3) is 0 Å². The van der Waals surface area contributed by atoms with Gasteiger partial charge in [-0.2, -0.15) is 0 Å². The number of carbonyl (C=O) groups is 1. The highest BCUT2D eigenvalue weighted by Gasteiger charge is 2.24. The number of hydrogen-bond acceptors (Lipinski definition) is 2. The third kappa shape index (κ3) is 4.12. The highest BCUT2D eigenvalue weighted by Crippen LogP contribution is 2.26. The van der Waals surface area contributed by atoms with Gasteiger partial charge in [-0.05, 0) is 35.7 Å². The lowest BCUT2D eigenvalue weighted by atomic mass is 9.90. The zero-order valence-corrected chi connectivity index (χ0v) is 15.1. The van der Waals surface area contributed by atoms with E-state index >= 15 is 0 Å². The van der Waals surface area contributed by atoms with Gasteiger partial charge in [0.05, 0.1) is 19.1 Å². The van der Waals surface area contributed by atoms with Gasteiger partial charge in [0.1, 0.15) is 5.75 Å². The van der Waals surface area contributed by atoms with Crippen molar-refractivity contribution in [3.05, 3.63) is 102 Å². The second-order valence-electron chi connectivity index (χ2n) is 6.26. The molecule has 0 aromatic heterocycles. The van der Waals surface area contributed by atoms with Gasteiger partial charge < -0.3 is 10.1 Å². The number of hydrogen-bond donors (Lipinski definition) is 1. The molecular weight excluding hydrogens is 322 g/mol. The Labute approximate surface area is 154 Å². The smallest absolute Gasteiger partial charge is 0.232 e. The summed E-state index contributed by atoms with van der Waals surface area (Å²) in [6.45, 7) is 1.99. The fourth-order valence-electron chi connectivity index (χ4n) is 3.06. The molecule has 0 spiro atoms. The summed E-state index contributed by atoms with van der Waals surface area (Å²) >= 11 is 0. The predicted molar refractivity (Wildman–Crippen MR) is 104 cm³/mol. The topological polar surface area (TPSA) is 38.3 Å². The van der Waals surface area contributed by atoms with E-state index in [0.29, 0.717) is 0 Å². The first-order chi connectivity index (χ1) is 12.7. The van der Waals surface area contributed by atoms with Crippen molar-refractivity contribution in [3.8, 4) is 5.75 Å². The number of rotatable bonds is 6. The van der Waals surface area contributed by atoms with Crippen molar-refractivity contribution in [1.29, 1.82) is 0 Å². The Balaban J connectivity index is 1.83. The van der Waals surface area contributed by atoms with Crippen LogP contribution < -0.4 is 10.1 Å². The molecule has 3 heteroatoms. The summed E-state index contributed by atoms with van der Waals surface area (Å²) in [4.78, 5) is 13.1. The fourth-order valence-corrected chi connectivity index (χ4v) is 3.06. The third-order valence-corrected chi connectivity index (χ3v) is 4.50. The molecule has 0 saturated heterocycles. The Morgan fingerprint density at radius 1 is 0.769 bits per heavy atom. The van der Waals surface area contributed by atoms with Crippen LogP contribution in [0.4, 0.5) is 0 Å². The molecule has 0 heterocycles. The summed E-state index contributed by atoms with van der Waals surface area (Å²) in [7, 11) is 1.64. The van der Waals surface area contributed by atoms with Crippen LogP contribution in [-0.2, 0) is 4.79 Å². The number of benzene rings is 3. The minimum atomic E-state index is -0.335. The minimum Gasteiger partial charge on any atom is -0.497 e. The lowest BCUT2D eigenvalue weighted by Crippen LogP contribution is -2.32. The molecule has 3 aromatic rings. The summed E-state index contributed by atoms with van der Waals surface area (Å²) in [6.07, 6.45) is 0. The molecule has 0 unspecified atom stereocenters. The molecule has 132 valence electrons. The van der Waals surface area contributed by atoms with Crippen molar-refractivity contribution >= 4 is 5.91 Å². The Kier molecular flexibility index (Phi) is 5.69. The van der Waals surface area contributed by atoms with Crippen molar-refractivity contribution in [1.82, 2.24) is 5.32 Å². The minimum absolute atomic E-state index is 0.00859. The summed E-state index contributed by atoms with van der Waals surface area (Å²) < 4.78 is 5.20. The summed E-state index contributed by atoms with van der Waals surface area (Å²) in [6, 6.07) is 27.4. The number of methoxy groups -OCH3 is 1. The molecule has 0 bridgehead atoms. The highest BCUT2D eigenvalue weighted by atomic mass is 16.5. The Morgan fingerprint density at radius 3 is 1.73 bits per heavy atom. The van der Waals surface area contributed by atoms with Gasteiger partial charge in [0, 0.05) is 0 Å². The summed E-state index contributed by atoms with van der Waals surface area (Å²) in [5, 5.41) is 3.15. The fraction of sp³-hybridized carbons (Fsp3) is 0.174. The predicted octanol–water partition coefficient (Wildman–Crippen LogP) is 4.70. The van der Waals surface area contributed by atoms with Crippen LogP contribution in [0.5, 0.6) is 5.75 Å². The van der Waals surface area contributed by atoms with E-state index in [4.69, 9.17) is 4.74 Å². The number of carbonyl (C=O) groups excluding carboxylic acids is 1. The molecule has 0 aliphatic heterocycles. The van der Waals surface area contributed by atoms with E-state index in [1.54, 1.807) is 7.11 Å². The maximum atomic E-state index is 13.1. The second-order valence-corrected chi connectivity index (χ2v) is 6.26. The van der Waals surface area contributed by atoms with Gasteiger partial charge in [0.25, 0.3) is 0 Å². The van der Waals surface area contributed by atoms with Crippen molar-refractivity contribution in [3.63, 3.8) is 0 Å². The molecule has 3 aromatic carbocycles. The van der Waals surface area contributed by atoms with E-state index in [1.165, 1.54) is 0 Å². The SMILES string of the molecule is COc1ccc([C@@H](C)NC(=O)C(c2ccccc2)c2ccccc2)cc1. The van der Waals surface area contributed by atoms with Crippen LogP contribution in [-0.4, -0.2) is 13.0 Å². The lowest BCUT2D eigenvalue weighted by Gasteiger charge is -2.21. The first-order valence-electron chi connectivity index (χ1n) is 8.73. The molecular formula is C23H23NO2. The van der Waals surface area contributed by atoms with Crippen molar-refractivity contribution < 1.29 is 9.53 Å². The van der Waals surface area contributed by atoms with Gasteiger partial charge in [-0.1, -0.05) is 72.8 Å². The van der Waals surface area contributed by atoms with E-state index in [9.17, 15) is 4.79 Å². The molecule has 0 aliphatic carbocycles. The standard InChI is InChI=1S/C23H23NO2/c1-17(18-13-15-21(26-2)16-14-18)24-23(25)22(19-9-5-3-6-10-19)20-11-7-4-8-12-20/h3-17,22H,1-2H3,(H,24,25)/t17-/m1/s1. The summed E-state index contributed by atoms with van der Waals surface area (Å²) in [5.41, 5.74) is 3.01. The van der Waals surface area contributed by atoms with E-state index in [1.807, 2.05) is 91.9 Å². The van der Waals surface area contributed by atoms with Gasteiger partial charge in [0.2, 0.25) is 5.91 Å². The molecule has 3 nitrogen and oxygen atoms in total. The summed E-state index contributed by atoms with van der Waals surface area (Å²) in [5.74, 6) is 0.461. The number of amides is 1. The van der Waals surface area contributed by atoms with Crippen LogP contribution >= 0.6 is 0 Å². The van der Waals surface area contributed by atoms with Gasteiger partial charge in [-0.3, -0.25) is 4.79 Å².